The quantitative estimate of drug-likeness (QED) is 0.790. The zero-order valence-corrected chi connectivity index (χ0v) is 16.2. The molecule has 1 atom stereocenters. The summed E-state index contributed by atoms with van der Waals surface area (Å²) in [4.78, 5) is 14.3. The molecule has 0 aliphatic heterocycles. The van der Waals surface area contributed by atoms with Gasteiger partial charge >= 0.3 is 0 Å². The normalized spacial score (nSPS) is 11.9. The second-order valence-electron chi connectivity index (χ2n) is 6.67. The Balaban J connectivity index is 1.92. The van der Waals surface area contributed by atoms with E-state index in [1.165, 1.54) is 0 Å². The number of aryl methyl sites for hydroxylation is 2. The summed E-state index contributed by atoms with van der Waals surface area (Å²) in [5, 5.41) is 2.95. The summed E-state index contributed by atoms with van der Waals surface area (Å²) in [6, 6.07) is 13.9. The summed E-state index contributed by atoms with van der Waals surface area (Å²) < 4.78 is 10.9. The molecule has 0 aliphatic rings. The summed E-state index contributed by atoms with van der Waals surface area (Å²) in [5.74, 6) is 1.38. The van der Waals surface area contributed by atoms with E-state index in [-0.39, 0.29) is 18.6 Å². The van der Waals surface area contributed by atoms with E-state index < -0.39 is 0 Å². The predicted molar refractivity (Wildman–Crippen MR) is 104 cm³/mol. The third-order valence-corrected chi connectivity index (χ3v) is 4.16. The molecule has 1 N–H and O–H groups in total. The molecule has 140 valence electrons. The van der Waals surface area contributed by atoms with Crippen molar-refractivity contribution in [3.63, 3.8) is 0 Å². The van der Waals surface area contributed by atoms with Gasteiger partial charge in [0.15, 0.2) is 6.61 Å². The van der Waals surface area contributed by atoms with Crippen LogP contribution in [-0.2, 0) is 4.79 Å². The number of rotatable bonds is 8. The molecule has 0 fully saturated rings. The number of ether oxygens (including phenoxy) is 2. The number of hydrogen-bond donors (Lipinski definition) is 1. The van der Waals surface area contributed by atoms with Gasteiger partial charge < -0.3 is 19.7 Å². The Hall–Kier alpha value is -2.53. The van der Waals surface area contributed by atoms with Crippen molar-refractivity contribution in [2.45, 2.75) is 19.9 Å². The number of methoxy groups -OCH3 is 1. The number of nitrogens with one attached hydrogen (secondary N) is 1. The van der Waals surface area contributed by atoms with Gasteiger partial charge in [-0.3, -0.25) is 4.79 Å². The lowest BCUT2D eigenvalue weighted by Gasteiger charge is -2.25. The lowest BCUT2D eigenvalue weighted by Crippen LogP contribution is -2.36. The largest absolute Gasteiger partial charge is 0.497 e. The fourth-order valence-corrected chi connectivity index (χ4v) is 2.87. The predicted octanol–water partition coefficient (Wildman–Crippen LogP) is 3.11. The molecular weight excluding hydrogens is 328 g/mol. The standard InChI is InChI=1S/C21H28N2O3/c1-15-9-16(2)11-19(10-15)26-14-21(24)22-13-20(23(3)4)17-7-6-8-18(12-17)25-5/h6-12,20H,13-14H2,1-5H3,(H,22,24). The van der Waals surface area contributed by atoms with Crippen molar-refractivity contribution in [1.29, 1.82) is 0 Å². The maximum absolute atomic E-state index is 12.2. The van der Waals surface area contributed by atoms with E-state index in [9.17, 15) is 4.79 Å². The molecule has 0 saturated heterocycles. The molecule has 0 saturated carbocycles. The van der Waals surface area contributed by atoms with Gasteiger partial charge in [-0.15, -0.1) is 0 Å². The van der Waals surface area contributed by atoms with Crippen LogP contribution < -0.4 is 14.8 Å². The van der Waals surface area contributed by atoms with Gasteiger partial charge in [-0.05, 0) is 68.9 Å². The van der Waals surface area contributed by atoms with Crippen LogP contribution in [-0.4, -0.2) is 45.2 Å². The van der Waals surface area contributed by atoms with E-state index in [0.717, 1.165) is 28.2 Å². The summed E-state index contributed by atoms with van der Waals surface area (Å²) in [5.41, 5.74) is 3.32. The first-order valence-electron chi connectivity index (χ1n) is 8.67. The maximum atomic E-state index is 12.2. The average Bonchev–Trinajstić information content (AvgIpc) is 2.59. The van der Waals surface area contributed by atoms with Gasteiger partial charge in [0.1, 0.15) is 11.5 Å². The maximum Gasteiger partial charge on any atom is 0.258 e. The highest BCUT2D eigenvalue weighted by atomic mass is 16.5. The Morgan fingerprint density at radius 2 is 1.77 bits per heavy atom. The number of benzene rings is 2. The zero-order valence-electron chi connectivity index (χ0n) is 16.2. The van der Waals surface area contributed by atoms with Crippen molar-refractivity contribution in [3.05, 3.63) is 59.2 Å². The third-order valence-electron chi connectivity index (χ3n) is 4.16. The molecular formula is C21H28N2O3. The van der Waals surface area contributed by atoms with Gasteiger partial charge in [-0.25, -0.2) is 0 Å². The minimum atomic E-state index is -0.140. The summed E-state index contributed by atoms with van der Waals surface area (Å²) in [6.45, 7) is 4.52. The molecule has 0 aromatic heterocycles. The molecule has 26 heavy (non-hydrogen) atoms. The fraction of sp³-hybridized carbons (Fsp3) is 0.381. The molecule has 0 spiro atoms. The van der Waals surface area contributed by atoms with E-state index in [4.69, 9.17) is 9.47 Å². The molecule has 2 aromatic carbocycles. The van der Waals surface area contributed by atoms with E-state index in [1.807, 2.05) is 64.3 Å². The molecule has 1 amide bonds. The molecule has 0 aliphatic carbocycles. The number of carbonyl (C=O) groups excluding carboxylic acids is 1. The molecule has 0 radical (unpaired) electrons. The highest BCUT2D eigenvalue weighted by Crippen LogP contribution is 2.22. The highest BCUT2D eigenvalue weighted by Gasteiger charge is 2.16. The monoisotopic (exact) mass is 356 g/mol. The average molecular weight is 356 g/mol. The van der Waals surface area contributed by atoms with Crippen LogP contribution in [0, 0.1) is 13.8 Å². The van der Waals surface area contributed by atoms with Gasteiger partial charge in [0.25, 0.3) is 5.91 Å². The van der Waals surface area contributed by atoms with E-state index >= 15 is 0 Å². The lowest BCUT2D eigenvalue weighted by atomic mass is 10.1. The zero-order chi connectivity index (χ0) is 19.1. The summed E-state index contributed by atoms with van der Waals surface area (Å²) in [7, 11) is 5.63. The molecule has 2 rings (SSSR count). The number of likely N-dealkylation sites (N-methyl/N-ethyl adjacent to an activating group) is 1. The Kier molecular flexibility index (Phi) is 7.04. The lowest BCUT2D eigenvalue weighted by molar-refractivity contribution is -0.123. The summed E-state index contributed by atoms with van der Waals surface area (Å²) in [6.07, 6.45) is 0. The third kappa shape index (κ3) is 5.77. The van der Waals surface area contributed by atoms with Gasteiger partial charge in [0, 0.05) is 6.54 Å². The van der Waals surface area contributed by atoms with Gasteiger partial charge in [-0.1, -0.05) is 18.2 Å². The Labute approximate surface area is 155 Å². The van der Waals surface area contributed by atoms with Crippen LogP contribution in [0.5, 0.6) is 11.5 Å². The van der Waals surface area contributed by atoms with Crippen LogP contribution in [0.4, 0.5) is 0 Å². The van der Waals surface area contributed by atoms with Gasteiger partial charge in [0.2, 0.25) is 0 Å². The first-order valence-corrected chi connectivity index (χ1v) is 8.67. The smallest absolute Gasteiger partial charge is 0.258 e. The number of carbonyl (C=O) groups is 1. The number of hydrogen-bond acceptors (Lipinski definition) is 4. The van der Waals surface area contributed by atoms with Crippen molar-refractivity contribution in [1.82, 2.24) is 10.2 Å². The van der Waals surface area contributed by atoms with Crippen molar-refractivity contribution in [3.8, 4) is 11.5 Å². The SMILES string of the molecule is COc1cccc(C(CNC(=O)COc2cc(C)cc(C)c2)N(C)C)c1. The molecule has 2 aromatic rings. The first kappa shape index (κ1) is 19.8. The van der Waals surface area contributed by atoms with Crippen molar-refractivity contribution >= 4 is 5.91 Å². The molecule has 5 nitrogen and oxygen atoms in total. The van der Waals surface area contributed by atoms with E-state index in [0.29, 0.717) is 6.54 Å². The molecule has 5 heteroatoms. The highest BCUT2D eigenvalue weighted by molar-refractivity contribution is 5.77. The molecule has 0 heterocycles. The van der Waals surface area contributed by atoms with Crippen LogP contribution in [0.2, 0.25) is 0 Å². The van der Waals surface area contributed by atoms with Crippen LogP contribution in [0.3, 0.4) is 0 Å². The van der Waals surface area contributed by atoms with Gasteiger partial charge in [-0.2, -0.15) is 0 Å². The number of nitrogens with zero attached hydrogens (tertiary/aromatic N) is 1. The number of amides is 1. The Bertz CT molecular complexity index is 724. The van der Waals surface area contributed by atoms with Crippen molar-refractivity contribution in [2.75, 3.05) is 34.4 Å². The first-order chi connectivity index (χ1) is 12.4. The molecule has 0 bridgehead atoms. The van der Waals surface area contributed by atoms with Crippen LogP contribution in [0.1, 0.15) is 22.7 Å². The second-order valence-corrected chi connectivity index (χ2v) is 6.67. The van der Waals surface area contributed by atoms with Crippen LogP contribution in [0.25, 0.3) is 0 Å². The Morgan fingerprint density at radius 3 is 2.38 bits per heavy atom. The van der Waals surface area contributed by atoms with E-state index in [1.54, 1.807) is 7.11 Å². The topological polar surface area (TPSA) is 50.8 Å². The minimum Gasteiger partial charge on any atom is -0.497 e. The van der Waals surface area contributed by atoms with Crippen molar-refractivity contribution < 1.29 is 14.3 Å². The van der Waals surface area contributed by atoms with E-state index in [2.05, 4.69) is 16.3 Å². The summed E-state index contributed by atoms with van der Waals surface area (Å²) >= 11 is 0. The van der Waals surface area contributed by atoms with Gasteiger partial charge in [0.05, 0.1) is 13.2 Å². The Morgan fingerprint density at radius 1 is 1.08 bits per heavy atom. The fourth-order valence-electron chi connectivity index (χ4n) is 2.87. The van der Waals surface area contributed by atoms with Crippen LogP contribution in [0.15, 0.2) is 42.5 Å². The molecule has 1 unspecified atom stereocenters. The minimum absolute atomic E-state index is 0.00114. The van der Waals surface area contributed by atoms with Crippen molar-refractivity contribution in [2.24, 2.45) is 0 Å². The second kappa shape index (κ2) is 9.25. The van der Waals surface area contributed by atoms with Crippen LogP contribution >= 0.6 is 0 Å².